The first-order valence-electron chi connectivity index (χ1n) is 26.4. The molecule has 0 aliphatic heterocycles. The largest absolute Gasteiger partial charge is 3.00 e. The summed E-state index contributed by atoms with van der Waals surface area (Å²) in [4.78, 5) is 13.5. The first-order chi connectivity index (χ1) is 34.8. The molecule has 4 heterocycles. The van der Waals surface area contributed by atoms with Gasteiger partial charge < -0.3 is 19.4 Å². The number of aryl methyl sites for hydroxylation is 6. The fourth-order valence-corrected chi connectivity index (χ4v) is 7.31. The molecular weight excluding hydrogens is 954 g/mol. The van der Waals surface area contributed by atoms with Crippen LogP contribution in [-0.4, -0.2) is 15.0 Å². The minimum Gasteiger partial charge on any atom is -0.498 e. The summed E-state index contributed by atoms with van der Waals surface area (Å²) in [6, 6.07) is 40.4. The summed E-state index contributed by atoms with van der Waals surface area (Å²) < 4.78 is 136. The second kappa shape index (κ2) is 19.5. The molecule has 4 nitrogen and oxygen atoms in total. The van der Waals surface area contributed by atoms with Crippen LogP contribution in [0.3, 0.4) is 0 Å². The molecule has 4 aromatic heterocycles. The smallest absolute Gasteiger partial charge is 0.498 e. The summed E-state index contributed by atoms with van der Waals surface area (Å²) in [5.41, 5.74) is 1.63. The van der Waals surface area contributed by atoms with Crippen LogP contribution in [0.15, 0.2) is 144 Å². The SMILES string of the molecule is [2H]C([2H])(c1ccc(-c2[c-]ccc3c2oc2c(F)cccc23)nc1)C([2H])([2H])c1cc(C([2H])([2H])C([2H])([2H])c2cnc(-c3[c-]cccc3)cc2C(C)C)cc(C([2H])([2H])C([2H])([2H])c2cnc(-c3[c-]cccc3)cc2C(C)C)c1.[Ir+3]. The van der Waals surface area contributed by atoms with E-state index in [0.29, 0.717) is 50.0 Å². The van der Waals surface area contributed by atoms with E-state index < -0.39 is 60.7 Å². The van der Waals surface area contributed by atoms with Crippen LogP contribution in [0, 0.1) is 24.0 Å². The molecule has 0 spiro atoms. The summed E-state index contributed by atoms with van der Waals surface area (Å²) in [6.07, 6.45) is -14.7. The van der Waals surface area contributed by atoms with Gasteiger partial charge in [0.05, 0.1) is 5.58 Å². The van der Waals surface area contributed by atoms with E-state index in [9.17, 15) is 20.8 Å². The maximum absolute atomic E-state index is 14.8. The Morgan fingerprint density at radius 3 is 1.59 bits per heavy atom. The van der Waals surface area contributed by atoms with Crippen LogP contribution in [0.1, 0.15) is 100 Å². The third-order valence-corrected chi connectivity index (χ3v) is 10.5. The van der Waals surface area contributed by atoms with Crippen LogP contribution < -0.4 is 0 Å². The zero-order valence-corrected chi connectivity index (χ0v) is 37.3. The number of halogens is 1. The zero-order valence-electron chi connectivity index (χ0n) is 46.9. The van der Waals surface area contributed by atoms with E-state index in [0.717, 1.165) is 24.4 Å². The average Bonchev–Trinajstić information content (AvgIpc) is 3.78. The number of aromatic nitrogens is 3. The van der Waals surface area contributed by atoms with Gasteiger partial charge in [0.15, 0.2) is 11.4 Å². The fourth-order valence-electron chi connectivity index (χ4n) is 7.31. The summed E-state index contributed by atoms with van der Waals surface area (Å²) in [5, 5.41) is 1.12. The number of nitrogens with zero attached hydrogens (tertiary/aromatic N) is 3. The van der Waals surface area contributed by atoms with Crippen LogP contribution >= 0.6 is 0 Å². The van der Waals surface area contributed by atoms with E-state index in [1.165, 1.54) is 30.6 Å². The van der Waals surface area contributed by atoms with Crippen molar-refractivity contribution < 1.29 is 45.4 Å². The van der Waals surface area contributed by atoms with Crippen LogP contribution in [0.25, 0.3) is 55.7 Å². The van der Waals surface area contributed by atoms with Crippen molar-refractivity contribution in [3.8, 4) is 33.8 Å². The van der Waals surface area contributed by atoms with Gasteiger partial charge in [-0.05, 0) is 118 Å². The fraction of sp³-hybridized carbons (Fsp3) is 0.211. The third-order valence-electron chi connectivity index (χ3n) is 10.5. The van der Waals surface area contributed by atoms with Gasteiger partial charge in [-0.25, -0.2) is 4.39 Å². The van der Waals surface area contributed by atoms with Crippen molar-refractivity contribution in [3.63, 3.8) is 0 Å². The van der Waals surface area contributed by atoms with E-state index in [-0.39, 0.29) is 65.5 Å². The van der Waals surface area contributed by atoms with Gasteiger partial charge in [-0.1, -0.05) is 93.2 Å². The Bertz CT molecular complexity index is 3420. The molecule has 0 amide bonds. The van der Waals surface area contributed by atoms with Gasteiger partial charge in [0.25, 0.3) is 0 Å². The molecule has 0 saturated carbocycles. The first-order valence-corrected chi connectivity index (χ1v) is 20.4. The van der Waals surface area contributed by atoms with Crippen molar-refractivity contribution in [3.05, 3.63) is 208 Å². The van der Waals surface area contributed by atoms with Crippen molar-refractivity contribution in [2.24, 2.45) is 0 Å². The Kier molecular flexibility index (Phi) is 9.58. The Balaban J connectivity index is 0.00000747. The van der Waals surface area contributed by atoms with Crippen molar-refractivity contribution >= 4 is 21.9 Å². The molecule has 0 bridgehead atoms. The molecule has 9 rings (SSSR count). The van der Waals surface area contributed by atoms with Crippen molar-refractivity contribution in [2.45, 2.75) is 77.8 Å². The first kappa shape index (κ1) is 30.9. The second-order valence-electron chi connectivity index (χ2n) is 15.5. The molecule has 6 heteroatoms. The van der Waals surface area contributed by atoms with E-state index in [1.54, 1.807) is 84.9 Å². The molecule has 0 atom stereocenters. The van der Waals surface area contributed by atoms with E-state index in [2.05, 4.69) is 33.2 Å². The molecule has 0 fully saturated rings. The molecule has 0 aliphatic rings. The van der Waals surface area contributed by atoms with Crippen molar-refractivity contribution in [1.29, 1.82) is 0 Å². The van der Waals surface area contributed by atoms with Crippen LogP contribution in [-0.2, 0) is 58.3 Å². The molecule has 63 heavy (non-hydrogen) atoms. The average molecular weight is 1020 g/mol. The molecule has 0 radical (unpaired) electrons. The Labute approximate surface area is 400 Å². The van der Waals surface area contributed by atoms with Gasteiger partial charge in [-0.15, -0.1) is 90.0 Å². The molecular formula is C57H49FIrN3O. The van der Waals surface area contributed by atoms with E-state index >= 15 is 0 Å². The number of rotatable bonds is 14. The normalized spacial score (nSPS) is 15.7. The number of para-hydroxylation sites is 1. The number of fused-ring (bicyclic) bond motifs is 3. The maximum Gasteiger partial charge on any atom is 3.00 e. The summed E-state index contributed by atoms with van der Waals surface area (Å²) >= 11 is 0. The van der Waals surface area contributed by atoms with Crippen LogP contribution in [0.5, 0.6) is 0 Å². The number of hydrogen-bond donors (Lipinski definition) is 0. The number of furan rings is 1. The molecule has 0 N–H and O–H groups in total. The number of benzene rings is 5. The van der Waals surface area contributed by atoms with E-state index in [4.69, 9.17) is 4.42 Å². The van der Waals surface area contributed by atoms with Crippen LogP contribution in [0.4, 0.5) is 4.39 Å². The molecule has 0 aliphatic carbocycles. The Morgan fingerprint density at radius 2 is 1.06 bits per heavy atom. The topological polar surface area (TPSA) is 51.8 Å². The van der Waals surface area contributed by atoms with Gasteiger partial charge in [0.1, 0.15) is 0 Å². The minimum atomic E-state index is -3.16. The number of pyridine rings is 3. The summed E-state index contributed by atoms with van der Waals surface area (Å²) in [5.74, 6) is -1.27. The Morgan fingerprint density at radius 1 is 0.524 bits per heavy atom. The van der Waals surface area contributed by atoms with E-state index in [1.807, 2.05) is 27.7 Å². The van der Waals surface area contributed by atoms with Crippen LogP contribution in [0.2, 0.25) is 0 Å². The summed E-state index contributed by atoms with van der Waals surface area (Å²) in [6.45, 7) is 7.28. The van der Waals surface area contributed by atoms with Gasteiger partial charge in [0.2, 0.25) is 0 Å². The maximum atomic E-state index is 14.8. The molecule has 314 valence electrons. The predicted molar refractivity (Wildman–Crippen MR) is 250 cm³/mol. The molecule has 0 saturated heterocycles. The van der Waals surface area contributed by atoms with Crippen molar-refractivity contribution in [1.82, 2.24) is 15.0 Å². The zero-order chi connectivity index (χ0) is 53.3. The Hall–Kier alpha value is -6.07. The van der Waals surface area contributed by atoms with Gasteiger partial charge >= 0.3 is 20.1 Å². The van der Waals surface area contributed by atoms with Gasteiger partial charge in [-0.3, -0.25) is 0 Å². The number of hydrogen-bond acceptors (Lipinski definition) is 4. The minimum absolute atomic E-state index is 0. The standard InChI is InChI=1S/C57H49FN3O.Ir/c1-37(2)50-32-54(43-13-7-5-8-14-43)60-35-45(50)26-23-41-29-40(30-42(31-41)24-27-46-36-61-55(33-51(46)38(3)4)44-15-9-6-10-16-44)22-21-39-25-28-53(59-34-39)49-19-11-17-47-48-18-12-20-52(58)57(48)62-56(47)49;/h5-13,15,17-18,20,25,28-38H,21-24,26-27H2,1-4H3;/q-3;+3/i21D2,22D2,23D2,24D2,26D2,27D2;. The third kappa shape index (κ3) is 9.79. The van der Waals surface area contributed by atoms with Gasteiger partial charge in [-0.2, -0.15) is 0 Å². The predicted octanol–water partition coefficient (Wildman–Crippen LogP) is 13.9. The second-order valence-corrected chi connectivity index (χ2v) is 15.5. The monoisotopic (exact) mass is 1020 g/mol. The van der Waals surface area contributed by atoms with Crippen molar-refractivity contribution in [2.75, 3.05) is 0 Å². The molecule has 5 aromatic carbocycles. The quantitative estimate of drug-likeness (QED) is 0.102. The molecule has 0 unspecified atom stereocenters. The van der Waals surface area contributed by atoms with Gasteiger partial charge in [0, 0.05) is 40.4 Å². The molecule has 9 aromatic rings. The summed E-state index contributed by atoms with van der Waals surface area (Å²) in [7, 11) is 0.